The number of aliphatic hydroxyl groups is 1. The molecule has 1 unspecified atom stereocenters. The van der Waals surface area contributed by atoms with E-state index in [4.69, 9.17) is 0 Å². The number of β-amino-alcohol motifs (C(OH)–C–C–N with tert-alkyl or cyclic N) is 1. The van der Waals surface area contributed by atoms with Gasteiger partial charge in [0.2, 0.25) is 0 Å². The number of hydrogen-bond acceptors (Lipinski definition) is 4. The second-order valence-corrected chi connectivity index (χ2v) is 7.22. The Morgan fingerprint density at radius 3 is 2.68 bits per heavy atom. The van der Waals surface area contributed by atoms with Gasteiger partial charge in [0.25, 0.3) is 11.5 Å². The summed E-state index contributed by atoms with van der Waals surface area (Å²) in [5.41, 5.74) is 1.01. The van der Waals surface area contributed by atoms with Gasteiger partial charge in [0, 0.05) is 18.3 Å². The molecule has 1 aromatic heterocycles. The summed E-state index contributed by atoms with van der Waals surface area (Å²) in [4.78, 5) is 33.8. The van der Waals surface area contributed by atoms with E-state index in [1.54, 1.807) is 0 Å². The van der Waals surface area contributed by atoms with E-state index in [0.29, 0.717) is 18.8 Å². The predicted octanol–water partition coefficient (Wildman–Crippen LogP) is 2.48. The maximum absolute atomic E-state index is 12.8. The SMILES string of the molecule is Cc1cccc(-c2ncc(C(=O)N3CCC(O)(c4ccccc4)C3)c(=O)[nH]2)c1. The Morgan fingerprint density at radius 1 is 1.18 bits per heavy atom. The lowest BCUT2D eigenvalue weighted by Crippen LogP contribution is -2.37. The van der Waals surface area contributed by atoms with Crippen molar-refractivity contribution in [3.05, 3.63) is 87.8 Å². The predicted molar refractivity (Wildman–Crippen MR) is 106 cm³/mol. The van der Waals surface area contributed by atoms with Crippen molar-refractivity contribution in [2.45, 2.75) is 18.9 Å². The van der Waals surface area contributed by atoms with Crippen LogP contribution < -0.4 is 5.56 Å². The van der Waals surface area contributed by atoms with E-state index < -0.39 is 17.1 Å². The molecule has 0 radical (unpaired) electrons. The van der Waals surface area contributed by atoms with Gasteiger partial charge in [0.05, 0.1) is 6.54 Å². The number of aromatic nitrogens is 2. The third-order valence-electron chi connectivity index (χ3n) is 5.17. The molecule has 4 rings (SSSR count). The van der Waals surface area contributed by atoms with E-state index in [0.717, 1.165) is 16.7 Å². The van der Waals surface area contributed by atoms with Gasteiger partial charge in [-0.05, 0) is 25.0 Å². The number of carbonyl (C=O) groups excluding carboxylic acids is 1. The maximum atomic E-state index is 12.8. The van der Waals surface area contributed by atoms with Crippen LogP contribution in [-0.2, 0) is 5.60 Å². The van der Waals surface area contributed by atoms with E-state index in [1.807, 2.05) is 61.5 Å². The first-order chi connectivity index (χ1) is 13.5. The Labute approximate surface area is 162 Å². The van der Waals surface area contributed by atoms with Crippen LogP contribution in [0.2, 0.25) is 0 Å². The summed E-state index contributed by atoms with van der Waals surface area (Å²) in [6.45, 7) is 2.49. The summed E-state index contributed by atoms with van der Waals surface area (Å²) in [6, 6.07) is 16.9. The average Bonchev–Trinajstić information content (AvgIpc) is 3.12. The Bertz CT molecular complexity index is 1080. The van der Waals surface area contributed by atoms with E-state index in [2.05, 4.69) is 9.97 Å². The summed E-state index contributed by atoms with van der Waals surface area (Å²) in [5, 5.41) is 10.9. The van der Waals surface area contributed by atoms with Crippen LogP contribution in [0.3, 0.4) is 0 Å². The minimum Gasteiger partial charge on any atom is -0.383 e. The number of carbonyl (C=O) groups is 1. The average molecular weight is 375 g/mol. The molecule has 0 bridgehead atoms. The van der Waals surface area contributed by atoms with Crippen molar-refractivity contribution in [1.29, 1.82) is 0 Å². The molecular formula is C22H21N3O3. The fourth-order valence-corrected chi connectivity index (χ4v) is 3.61. The lowest BCUT2D eigenvalue weighted by molar-refractivity contribution is 0.0416. The molecule has 6 heteroatoms. The Balaban J connectivity index is 1.57. The number of aromatic amines is 1. The minimum absolute atomic E-state index is 0.0197. The van der Waals surface area contributed by atoms with Crippen molar-refractivity contribution in [2.24, 2.45) is 0 Å². The van der Waals surface area contributed by atoms with Crippen LogP contribution in [-0.4, -0.2) is 39.0 Å². The maximum Gasteiger partial charge on any atom is 0.264 e. The smallest absolute Gasteiger partial charge is 0.264 e. The Morgan fingerprint density at radius 2 is 1.96 bits per heavy atom. The monoisotopic (exact) mass is 375 g/mol. The van der Waals surface area contributed by atoms with Gasteiger partial charge in [-0.1, -0.05) is 54.1 Å². The third kappa shape index (κ3) is 3.34. The van der Waals surface area contributed by atoms with Crippen molar-refractivity contribution in [3.63, 3.8) is 0 Å². The van der Waals surface area contributed by atoms with E-state index in [9.17, 15) is 14.7 Å². The minimum atomic E-state index is -1.10. The quantitative estimate of drug-likeness (QED) is 0.736. The number of nitrogens with zero attached hydrogens (tertiary/aromatic N) is 2. The summed E-state index contributed by atoms with van der Waals surface area (Å²) in [7, 11) is 0. The van der Waals surface area contributed by atoms with Crippen LogP contribution in [0.5, 0.6) is 0 Å². The van der Waals surface area contributed by atoms with Gasteiger partial charge in [-0.25, -0.2) is 4.98 Å². The third-order valence-corrected chi connectivity index (χ3v) is 5.17. The van der Waals surface area contributed by atoms with Gasteiger partial charge in [0.1, 0.15) is 17.0 Å². The first-order valence-electron chi connectivity index (χ1n) is 9.20. The number of aryl methyl sites for hydroxylation is 1. The molecule has 6 nitrogen and oxygen atoms in total. The molecule has 3 aromatic rings. The van der Waals surface area contributed by atoms with E-state index in [1.165, 1.54) is 11.1 Å². The molecule has 0 aliphatic carbocycles. The van der Waals surface area contributed by atoms with Crippen LogP contribution in [0.25, 0.3) is 11.4 Å². The molecule has 28 heavy (non-hydrogen) atoms. The highest BCUT2D eigenvalue weighted by molar-refractivity contribution is 5.94. The number of benzene rings is 2. The van der Waals surface area contributed by atoms with Gasteiger partial charge in [0.15, 0.2) is 0 Å². The molecule has 0 spiro atoms. The number of hydrogen-bond donors (Lipinski definition) is 2. The fraction of sp³-hybridized carbons (Fsp3) is 0.227. The molecule has 1 saturated heterocycles. The normalized spacial score (nSPS) is 19.0. The molecule has 2 N–H and O–H groups in total. The molecule has 0 saturated carbocycles. The van der Waals surface area contributed by atoms with Crippen molar-refractivity contribution in [3.8, 4) is 11.4 Å². The van der Waals surface area contributed by atoms with Crippen LogP contribution >= 0.6 is 0 Å². The zero-order valence-corrected chi connectivity index (χ0v) is 15.6. The van der Waals surface area contributed by atoms with Crippen LogP contribution in [0, 0.1) is 6.92 Å². The summed E-state index contributed by atoms with van der Waals surface area (Å²) in [6.07, 6.45) is 1.74. The summed E-state index contributed by atoms with van der Waals surface area (Å²) < 4.78 is 0. The van der Waals surface area contributed by atoms with Crippen molar-refractivity contribution >= 4 is 5.91 Å². The first kappa shape index (κ1) is 18.1. The van der Waals surface area contributed by atoms with Crippen molar-refractivity contribution in [1.82, 2.24) is 14.9 Å². The molecule has 2 heterocycles. The number of rotatable bonds is 3. The number of amides is 1. The number of nitrogens with one attached hydrogen (secondary N) is 1. The Hall–Kier alpha value is -3.25. The molecule has 142 valence electrons. The second kappa shape index (κ2) is 7.05. The molecule has 2 aromatic carbocycles. The topological polar surface area (TPSA) is 86.3 Å². The van der Waals surface area contributed by atoms with Gasteiger partial charge in [-0.3, -0.25) is 9.59 Å². The Kier molecular flexibility index (Phi) is 4.57. The molecule has 1 aliphatic rings. The van der Waals surface area contributed by atoms with Crippen molar-refractivity contribution in [2.75, 3.05) is 13.1 Å². The van der Waals surface area contributed by atoms with Gasteiger partial charge >= 0.3 is 0 Å². The lowest BCUT2D eigenvalue weighted by Gasteiger charge is -2.23. The molecule has 1 aliphatic heterocycles. The zero-order valence-electron chi connectivity index (χ0n) is 15.6. The summed E-state index contributed by atoms with van der Waals surface area (Å²) in [5.74, 6) is 0.00357. The van der Waals surface area contributed by atoms with Gasteiger partial charge in [-0.15, -0.1) is 0 Å². The molecule has 1 atom stereocenters. The largest absolute Gasteiger partial charge is 0.383 e. The summed E-state index contributed by atoms with van der Waals surface area (Å²) >= 11 is 0. The van der Waals surface area contributed by atoms with Crippen LogP contribution in [0.1, 0.15) is 27.9 Å². The lowest BCUT2D eigenvalue weighted by atomic mass is 9.93. The van der Waals surface area contributed by atoms with E-state index in [-0.39, 0.29) is 12.1 Å². The zero-order chi connectivity index (χ0) is 19.7. The van der Waals surface area contributed by atoms with Crippen LogP contribution in [0.15, 0.2) is 65.6 Å². The highest BCUT2D eigenvalue weighted by atomic mass is 16.3. The van der Waals surface area contributed by atoms with Crippen LogP contribution in [0.4, 0.5) is 0 Å². The van der Waals surface area contributed by atoms with Gasteiger partial charge < -0.3 is 15.0 Å². The first-order valence-corrected chi connectivity index (χ1v) is 9.20. The number of H-pyrrole nitrogens is 1. The van der Waals surface area contributed by atoms with Crippen molar-refractivity contribution < 1.29 is 9.90 Å². The highest BCUT2D eigenvalue weighted by Gasteiger charge is 2.40. The standard InChI is InChI=1S/C22H21N3O3/c1-15-6-5-7-16(12-15)19-23-13-18(20(26)24-19)21(27)25-11-10-22(28,14-25)17-8-3-2-4-9-17/h2-9,12-13,28H,10-11,14H2,1H3,(H,23,24,26). The molecular weight excluding hydrogens is 354 g/mol. The van der Waals surface area contributed by atoms with E-state index >= 15 is 0 Å². The molecule has 1 amide bonds. The highest BCUT2D eigenvalue weighted by Crippen LogP contribution is 2.32. The molecule has 1 fully saturated rings. The number of likely N-dealkylation sites (tertiary alicyclic amines) is 1. The van der Waals surface area contributed by atoms with Gasteiger partial charge in [-0.2, -0.15) is 0 Å². The fourth-order valence-electron chi connectivity index (χ4n) is 3.61. The second-order valence-electron chi connectivity index (χ2n) is 7.22.